The summed E-state index contributed by atoms with van der Waals surface area (Å²) in [6, 6.07) is 10.5. The van der Waals surface area contributed by atoms with E-state index >= 15 is 0 Å². The second kappa shape index (κ2) is 7.04. The van der Waals surface area contributed by atoms with E-state index in [-0.39, 0.29) is 0 Å². The van der Waals surface area contributed by atoms with Crippen LogP contribution >= 0.6 is 22.6 Å². The molecule has 76 valence electrons. The Morgan fingerprint density at radius 1 is 1.29 bits per heavy atom. The van der Waals surface area contributed by atoms with Gasteiger partial charge in [0.1, 0.15) is 0 Å². The van der Waals surface area contributed by atoms with Crippen LogP contribution in [-0.2, 0) is 0 Å². The molecule has 14 heavy (non-hydrogen) atoms. The number of allylic oxidation sites excluding steroid dienone is 1. The Bertz CT molecular complexity index is 264. The number of alkyl halides is 1. The van der Waals surface area contributed by atoms with E-state index in [2.05, 4.69) is 72.0 Å². The minimum Gasteiger partial charge on any atom is -0.0839 e. The van der Waals surface area contributed by atoms with E-state index in [9.17, 15) is 0 Å². The summed E-state index contributed by atoms with van der Waals surface area (Å²) in [6.45, 7) is 2.25. The van der Waals surface area contributed by atoms with E-state index in [1.54, 1.807) is 0 Å². The van der Waals surface area contributed by atoms with Crippen molar-refractivity contribution in [2.24, 2.45) is 0 Å². The number of hydrogen-bond donors (Lipinski definition) is 0. The molecule has 0 N–H and O–H groups in total. The molecule has 0 aliphatic rings. The van der Waals surface area contributed by atoms with E-state index in [1.165, 1.54) is 24.8 Å². The van der Waals surface area contributed by atoms with Crippen molar-refractivity contribution in [2.75, 3.05) is 0 Å². The van der Waals surface area contributed by atoms with Crippen LogP contribution in [0.1, 0.15) is 31.7 Å². The summed E-state index contributed by atoms with van der Waals surface area (Å²) in [7, 11) is 0. The third-order valence-corrected chi connectivity index (χ3v) is 3.70. The zero-order chi connectivity index (χ0) is 10.2. The SMILES string of the molecule is CCC(I)CCC=Cc1ccccc1. The molecule has 0 aliphatic carbocycles. The molecular formula is C13H17I. The molecule has 0 aliphatic heterocycles. The van der Waals surface area contributed by atoms with Gasteiger partial charge in [-0.15, -0.1) is 0 Å². The fourth-order valence-corrected chi connectivity index (χ4v) is 1.62. The maximum absolute atomic E-state index is 2.53. The van der Waals surface area contributed by atoms with Gasteiger partial charge < -0.3 is 0 Å². The highest BCUT2D eigenvalue weighted by atomic mass is 127. The number of benzene rings is 1. The average molecular weight is 300 g/mol. The zero-order valence-corrected chi connectivity index (χ0v) is 10.8. The van der Waals surface area contributed by atoms with Crippen LogP contribution < -0.4 is 0 Å². The molecule has 0 heterocycles. The van der Waals surface area contributed by atoms with Gasteiger partial charge in [0, 0.05) is 3.92 Å². The normalized spacial score (nSPS) is 13.3. The van der Waals surface area contributed by atoms with Gasteiger partial charge in [-0.2, -0.15) is 0 Å². The van der Waals surface area contributed by atoms with Crippen LogP contribution in [0.3, 0.4) is 0 Å². The molecule has 0 spiro atoms. The Labute approximate surface area is 101 Å². The topological polar surface area (TPSA) is 0 Å². The van der Waals surface area contributed by atoms with E-state index in [0.29, 0.717) is 0 Å². The molecule has 1 heteroatoms. The first kappa shape index (κ1) is 11.8. The minimum absolute atomic E-state index is 0.827. The first-order valence-electron chi connectivity index (χ1n) is 5.18. The van der Waals surface area contributed by atoms with Crippen molar-refractivity contribution in [3.8, 4) is 0 Å². The zero-order valence-electron chi connectivity index (χ0n) is 8.62. The fraction of sp³-hybridized carbons (Fsp3) is 0.385. The summed E-state index contributed by atoms with van der Waals surface area (Å²) in [4.78, 5) is 0. The highest BCUT2D eigenvalue weighted by Crippen LogP contribution is 2.13. The smallest absolute Gasteiger partial charge is 0.0110 e. The van der Waals surface area contributed by atoms with Gasteiger partial charge in [0.25, 0.3) is 0 Å². The molecule has 0 amide bonds. The third kappa shape index (κ3) is 4.80. The van der Waals surface area contributed by atoms with Crippen molar-refractivity contribution in [1.29, 1.82) is 0 Å². The van der Waals surface area contributed by atoms with Crippen molar-refractivity contribution >= 4 is 28.7 Å². The fourth-order valence-electron chi connectivity index (χ4n) is 1.26. The summed E-state index contributed by atoms with van der Waals surface area (Å²) in [6.07, 6.45) is 8.24. The van der Waals surface area contributed by atoms with Crippen LogP contribution in [0, 0.1) is 0 Å². The van der Waals surface area contributed by atoms with E-state index in [1.807, 2.05) is 0 Å². The Kier molecular flexibility index (Phi) is 5.92. The van der Waals surface area contributed by atoms with Crippen molar-refractivity contribution in [2.45, 2.75) is 30.1 Å². The van der Waals surface area contributed by atoms with Crippen LogP contribution in [0.5, 0.6) is 0 Å². The molecule has 0 aromatic heterocycles. The van der Waals surface area contributed by atoms with E-state index in [0.717, 1.165) is 3.92 Å². The summed E-state index contributed by atoms with van der Waals surface area (Å²) < 4.78 is 0.827. The summed E-state index contributed by atoms with van der Waals surface area (Å²) >= 11 is 2.53. The molecular weight excluding hydrogens is 283 g/mol. The van der Waals surface area contributed by atoms with Gasteiger partial charge in [-0.1, -0.05) is 72.0 Å². The number of halogens is 1. The van der Waals surface area contributed by atoms with Crippen LogP contribution in [0.2, 0.25) is 0 Å². The molecule has 0 bridgehead atoms. The molecule has 0 nitrogen and oxygen atoms in total. The minimum atomic E-state index is 0.827. The number of hydrogen-bond acceptors (Lipinski definition) is 0. The lowest BCUT2D eigenvalue weighted by Crippen LogP contribution is -1.92. The van der Waals surface area contributed by atoms with Gasteiger partial charge >= 0.3 is 0 Å². The molecule has 1 atom stereocenters. The first-order valence-corrected chi connectivity index (χ1v) is 6.43. The van der Waals surface area contributed by atoms with Crippen molar-refractivity contribution in [3.63, 3.8) is 0 Å². The van der Waals surface area contributed by atoms with Crippen LogP contribution in [-0.4, -0.2) is 3.92 Å². The van der Waals surface area contributed by atoms with E-state index in [4.69, 9.17) is 0 Å². The molecule has 1 aromatic rings. The Morgan fingerprint density at radius 2 is 2.00 bits per heavy atom. The number of rotatable bonds is 5. The largest absolute Gasteiger partial charge is 0.0839 e. The van der Waals surface area contributed by atoms with Crippen molar-refractivity contribution < 1.29 is 0 Å². The van der Waals surface area contributed by atoms with Crippen LogP contribution in [0.25, 0.3) is 6.08 Å². The Balaban J connectivity index is 2.28. The maximum Gasteiger partial charge on any atom is 0.0110 e. The van der Waals surface area contributed by atoms with Crippen LogP contribution in [0.15, 0.2) is 36.4 Å². The van der Waals surface area contributed by atoms with Gasteiger partial charge in [-0.25, -0.2) is 0 Å². The van der Waals surface area contributed by atoms with Gasteiger partial charge in [-0.3, -0.25) is 0 Å². The Morgan fingerprint density at radius 3 is 2.64 bits per heavy atom. The van der Waals surface area contributed by atoms with Gasteiger partial charge in [0.2, 0.25) is 0 Å². The third-order valence-electron chi connectivity index (χ3n) is 2.20. The standard InChI is InChI=1S/C13H17I/c1-2-13(14)11-7-6-10-12-8-4-3-5-9-12/h3-6,8-10,13H,2,7,11H2,1H3. The molecule has 1 rings (SSSR count). The molecule has 0 fully saturated rings. The second-order valence-electron chi connectivity index (χ2n) is 3.40. The van der Waals surface area contributed by atoms with Crippen LogP contribution in [0.4, 0.5) is 0 Å². The Hall–Kier alpha value is -0.310. The highest BCUT2D eigenvalue weighted by Gasteiger charge is 1.96. The molecule has 0 radical (unpaired) electrons. The van der Waals surface area contributed by atoms with Crippen molar-refractivity contribution in [1.82, 2.24) is 0 Å². The first-order chi connectivity index (χ1) is 6.83. The summed E-state index contributed by atoms with van der Waals surface area (Å²) in [5.74, 6) is 0. The predicted octanol–water partition coefficient (Wildman–Crippen LogP) is 4.69. The monoisotopic (exact) mass is 300 g/mol. The predicted molar refractivity (Wildman–Crippen MR) is 72.8 cm³/mol. The highest BCUT2D eigenvalue weighted by molar-refractivity contribution is 14.1. The lowest BCUT2D eigenvalue weighted by Gasteiger charge is -2.02. The van der Waals surface area contributed by atoms with Gasteiger partial charge in [-0.05, 0) is 24.8 Å². The van der Waals surface area contributed by atoms with E-state index < -0.39 is 0 Å². The molecule has 0 saturated carbocycles. The average Bonchev–Trinajstić information content (AvgIpc) is 2.25. The van der Waals surface area contributed by atoms with Crippen molar-refractivity contribution in [3.05, 3.63) is 42.0 Å². The molecule has 0 saturated heterocycles. The maximum atomic E-state index is 2.53. The lowest BCUT2D eigenvalue weighted by atomic mass is 10.1. The quantitative estimate of drug-likeness (QED) is 0.546. The van der Waals surface area contributed by atoms with Gasteiger partial charge in [0.15, 0.2) is 0 Å². The molecule has 1 unspecified atom stereocenters. The summed E-state index contributed by atoms with van der Waals surface area (Å²) in [5.41, 5.74) is 1.30. The second-order valence-corrected chi connectivity index (χ2v) is 5.16. The van der Waals surface area contributed by atoms with Gasteiger partial charge in [0.05, 0.1) is 0 Å². The lowest BCUT2D eigenvalue weighted by molar-refractivity contribution is 0.774. The summed E-state index contributed by atoms with van der Waals surface area (Å²) in [5, 5.41) is 0. The molecule has 1 aromatic carbocycles.